The third kappa shape index (κ3) is 3.00. The zero-order valence-corrected chi connectivity index (χ0v) is 13.3. The van der Waals surface area contributed by atoms with Crippen LogP contribution in [-0.2, 0) is 6.42 Å². The van der Waals surface area contributed by atoms with Crippen LogP contribution < -0.4 is 0 Å². The quantitative estimate of drug-likeness (QED) is 0.409. The van der Waals surface area contributed by atoms with Crippen LogP contribution in [0.4, 0.5) is 5.69 Å². The summed E-state index contributed by atoms with van der Waals surface area (Å²) in [5.41, 5.74) is 2.75. The molecule has 1 heterocycles. The summed E-state index contributed by atoms with van der Waals surface area (Å²) < 4.78 is 0. The molecule has 0 saturated carbocycles. The summed E-state index contributed by atoms with van der Waals surface area (Å²) in [6.07, 6.45) is 1.74. The first-order valence-electron chi connectivity index (χ1n) is 7.67. The molecule has 0 atom stereocenters. The van der Waals surface area contributed by atoms with Crippen LogP contribution in [0.25, 0.3) is 21.8 Å². The molecule has 0 spiro atoms. The Kier molecular flexibility index (Phi) is 4.21. The molecule has 1 aromatic heterocycles. The van der Waals surface area contributed by atoms with E-state index in [4.69, 9.17) is 0 Å². The first kappa shape index (κ1) is 15.4. The molecule has 5 nitrogen and oxygen atoms in total. The van der Waals surface area contributed by atoms with E-state index in [0.717, 1.165) is 35.9 Å². The molecule has 0 amide bonds. The highest BCUT2D eigenvalue weighted by atomic mass is 16.6. The Morgan fingerprint density at radius 3 is 2.57 bits per heavy atom. The Balaban J connectivity index is 2.26. The van der Waals surface area contributed by atoms with E-state index in [0.29, 0.717) is 10.9 Å². The van der Waals surface area contributed by atoms with Gasteiger partial charge in [-0.05, 0) is 51.2 Å². The standard InChI is InChI=1S/C18H19N3O2/c1-20(2)12-6-8-14-13-7-3-4-9-15(13)19-16-10-5-11-17(18(14)16)21(22)23/h3-5,7,9-11H,6,8,12H2,1-2H3. The summed E-state index contributed by atoms with van der Waals surface area (Å²) in [6.45, 7) is 0.943. The molecule has 0 fully saturated rings. The molecule has 3 aromatic rings. The van der Waals surface area contributed by atoms with Crippen LogP contribution in [0.3, 0.4) is 0 Å². The van der Waals surface area contributed by atoms with Gasteiger partial charge in [-0.1, -0.05) is 24.3 Å². The molecule has 0 N–H and O–H groups in total. The maximum Gasteiger partial charge on any atom is 0.279 e. The molecule has 5 heteroatoms. The second kappa shape index (κ2) is 6.30. The SMILES string of the molecule is CN(C)CCCc1c2ccccc2nc2cccc([N+](=O)[O-])c12. The van der Waals surface area contributed by atoms with E-state index in [1.165, 1.54) is 0 Å². The Hall–Kier alpha value is -2.53. The molecule has 0 aliphatic carbocycles. The molecular weight excluding hydrogens is 290 g/mol. The Morgan fingerprint density at radius 1 is 1.09 bits per heavy atom. The van der Waals surface area contributed by atoms with Gasteiger partial charge in [0.05, 0.1) is 21.3 Å². The van der Waals surface area contributed by atoms with Gasteiger partial charge in [0.1, 0.15) is 0 Å². The van der Waals surface area contributed by atoms with Crippen LogP contribution in [0.2, 0.25) is 0 Å². The maximum absolute atomic E-state index is 11.5. The molecule has 3 rings (SSSR count). The van der Waals surface area contributed by atoms with Crippen LogP contribution in [0, 0.1) is 10.1 Å². The van der Waals surface area contributed by atoms with E-state index in [-0.39, 0.29) is 10.6 Å². The fourth-order valence-electron chi connectivity index (χ4n) is 3.01. The number of rotatable bonds is 5. The summed E-state index contributed by atoms with van der Waals surface area (Å²) in [5.74, 6) is 0. The van der Waals surface area contributed by atoms with Crippen LogP contribution in [0.1, 0.15) is 12.0 Å². The molecule has 0 saturated heterocycles. The number of nitrogens with zero attached hydrogens (tertiary/aromatic N) is 3. The largest absolute Gasteiger partial charge is 0.309 e. The lowest BCUT2D eigenvalue weighted by Crippen LogP contribution is -2.13. The number of aromatic nitrogens is 1. The number of hydrogen-bond acceptors (Lipinski definition) is 4. The smallest absolute Gasteiger partial charge is 0.279 e. The highest BCUT2D eigenvalue weighted by Crippen LogP contribution is 2.33. The van der Waals surface area contributed by atoms with Gasteiger partial charge in [0, 0.05) is 11.5 Å². The van der Waals surface area contributed by atoms with E-state index in [9.17, 15) is 10.1 Å². The average molecular weight is 309 g/mol. The fraction of sp³-hybridized carbons (Fsp3) is 0.278. The number of non-ortho nitro benzene ring substituents is 1. The Labute approximate surface area is 134 Å². The van der Waals surface area contributed by atoms with Crippen LogP contribution in [0.5, 0.6) is 0 Å². The van der Waals surface area contributed by atoms with E-state index in [2.05, 4.69) is 9.88 Å². The second-order valence-electron chi connectivity index (χ2n) is 5.94. The minimum atomic E-state index is -0.311. The van der Waals surface area contributed by atoms with E-state index in [1.54, 1.807) is 12.1 Å². The number of hydrogen-bond donors (Lipinski definition) is 0. The number of para-hydroxylation sites is 1. The number of pyridine rings is 1. The van der Waals surface area contributed by atoms with Crippen molar-refractivity contribution in [3.63, 3.8) is 0 Å². The zero-order valence-electron chi connectivity index (χ0n) is 13.3. The van der Waals surface area contributed by atoms with Crippen LogP contribution in [0.15, 0.2) is 42.5 Å². The van der Waals surface area contributed by atoms with Gasteiger partial charge in [0.2, 0.25) is 0 Å². The predicted octanol–water partition coefficient (Wildman–Crippen LogP) is 3.79. The van der Waals surface area contributed by atoms with Gasteiger partial charge in [0.15, 0.2) is 0 Å². The highest BCUT2D eigenvalue weighted by Gasteiger charge is 2.18. The van der Waals surface area contributed by atoms with Gasteiger partial charge in [-0.15, -0.1) is 0 Å². The average Bonchev–Trinajstić information content (AvgIpc) is 2.53. The van der Waals surface area contributed by atoms with Crippen molar-refractivity contribution in [1.29, 1.82) is 0 Å². The lowest BCUT2D eigenvalue weighted by molar-refractivity contribution is -0.383. The molecule has 0 aliphatic rings. The maximum atomic E-state index is 11.5. The van der Waals surface area contributed by atoms with Gasteiger partial charge in [-0.2, -0.15) is 0 Å². The van der Waals surface area contributed by atoms with Crippen molar-refractivity contribution in [2.45, 2.75) is 12.8 Å². The van der Waals surface area contributed by atoms with Crippen molar-refractivity contribution in [3.8, 4) is 0 Å². The van der Waals surface area contributed by atoms with Crippen molar-refractivity contribution >= 4 is 27.5 Å². The summed E-state index contributed by atoms with van der Waals surface area (Å²) in [6, 6.07) is 13.0. The lowest BCUT2D eigenvalue weighted by Gasteiger charge is -2.13. The first-order chi connectivity index (χ1) is 11.1. The molecule has 0 aliphatic heterocycles. The van der Waals surface area contributed by atoms with Gasteiger partial charge < -0.3 is 4.90 Å². The van der Waals surface area contributed by atoms with Crippen molar-refractivity contribution in [1.82, 2.24) is 9.88 Å². The summed E-state index contributed by atoms with van der Waals surface area (Å²) in [4.78, 5) is 17.9. The molecule has 0 bridgehead atoms. The van der Waals surface area contributed by atoms with E-state index < -0.39 is 0 Å². The normalized spacial score (nSPS) is 11.4. The van der Waals surface area contributed by atoms with Gasteiger partial charge in [-0.25, -0.2) is 4.98 Å². The molecule has 0 unspecified atom stereocenters. The molecular formula is C18H19N3O2. The van der Waals surface area contributed by atoms with Crippen LogP contribution >= 0.6 is 0 Å². The van der Waals surface area contributed by atoms with Crippen molar-refractivity contribution < 1.29 is 4.92 Å². The third-order valence-corrected chi connectivity index (χ3v) is 4.02. The number of nitro groups is 1. The molecule has 0 radical (unpaired) electrons. The fourth-order valence-corrected chi connectivity index (χ4v) is 3.01. The number of nitro benzene ring substituents is 1. The monoisotopic (exact) mass is 309 g/mol. The summed E-state index contributed by atoms with van der Waals surface area (Å²) >= 11 is 0. The zero-order chi connectivity index (χ0) is 16.4. The highest BCUT2D eigenvalue weighted by molar-refractivity contribution is 6.01. The third-order valence-electron chi connectivity index (χ3n) is 4.02. The topological polar surface area (TPSA) is 59.3 Å². The van der Waals surface area contributed by atoms with Crippen molar-refractivity contribution in [3.05, 3.63) is 58.1 Å². The second-order valence-corrected chi connectivity index (χ2v) is 5.94. The van der Waals surface area contributed by atoms with Gasteiger partial charge >= 0.3 is 0 Å². The number of benzene rings is 2. The number of fused-ring (bicyclic) bond motifs is 2. The Morgan fingerprint density at radius 2 is 1.83 bits per heavy atom. The lowest BCUT2D eigenvalue weighted by atomic mass is 9.97. The van der Waals surface area contributed by atoms with Gasteiger partial charge in [0.25, 0.3) is 5.69 Å². The number of aryl methyl sites for hydroxylation is 1. The predicted molar refractivity (Wildman–Crippen MR) is 92.8 cm³/mol. The molecule has 23 heavy (non-hydrogen) atoms. The minimum absolute atomic E-state index is 0.139. The van der Waals surface area contributed by atoms with Crippen molar-refractivity contribution in [2.75, 3.05) is 20.6 Å². The summed E-state index contributed by atoms with van der Waals surface area (Å²) in [7, 11) is 4.07. The first-order valence-corrected chi connectivity index (χ1v) is 7.67. The molecule has 118 valence electrons. The summed E-state index contributed by atoms with van der Waals surface area (Å²) in [5, 5.41) is 13.1. The Bertz CT molecular complexity index is 875. The van der Waals surface area contributed by atoms with Crippen LogP contribution in [-0.4, -0.2) is 35.4 Å². The minimum Gasteiger partial charge on any atom is -0.309 e. The van der Waals surface area contributed by atoms with Gasteiger partial charge in [-0.3, -0.25) is 10.1 Å². The van der Waals surface area contributed by atoms with E-state index in [1.807, 2.05) is 44.4 Å². The van der Waals surface area contributed by atoms with E-state index >= 15 is 0 Å². The molecule has 2 aromatic carbocycles. The van der Waals surface area contributed by atoms with Crippen molar-refractivity contribution in [2.24, 2.45) is 0 Å².